The third-order valence-electron chi connectivity index (χ3n) is 4.70. The highest BCUT2D eigenvalue weighted by Gasteiger charge is 2.38. The quantitative estimate of drug-likeness (QED) is 0.838. The lowest BCUT2D eigenvalue weighted by molar-refractivity contribution is 0.187. The van der Waals surface area contributed by atoms with Crippen LogP contribution >= 0.6 is 0 Å². The fraction of sp³-hybridized carbons (Fsp3) is 0.600. The van der Waals surface area contributed by atoms with Gasteiger partial charge in [0.15, 0.2) is 0 Å². The normalized spacial score (nSPS) is 28.3. The zero-order chi connectivity index (χ0) is 13.2. The monoisotopic (exact) mass is 258 g/mol. The molecule has 2 fully saturated rings. The van der Waals surface area contributed by atoms with Gasteiger partial charge in [-0.25, -0.2) is 0 Å². The SMILES string of the molecule is CB(O)N1CCC2CCC(C1)N2Cc1ccccc1. The van der Waals surface area contributed by atoms with Crippen LogP contribution in [0, 0.1) is 0 Å². The van der Waals surface area contributed by atoms with Crippen molar-refractivity contribution in [3.63, 3.8) is 0 Å². The van der Waals surface area contributed by atoms with Crippen LogP contribution in [0.1, 0.15) is 24.8 Å². The first-order valence-corrected chi connectivity index (χ1v) is 7.46. The Bertz CT molecular complexity index is 412. The van der Waals surface area contributed by atoms with Crippen LogP contribution < -0.4 is 0 Å². The molecule has 102 valence electrons. The third kappa shape index (κ3) is 2.86. The molecule has 1 N–H and O–H groups in total. The van der Waals surface area contributed by atoms with Crippen LogP contribution in [0.15, 0.2) is 30.3 Å². The molecule has 2 aliphatic heterocycles. The van der Waals surface area contributed by atoms with Crippen molar-refractivity contribution in [2.45, 2.75) is 44.7 Å². The number of fused-ring (bicyclic) bond motifs is 2. The number of benzene rings is 1. The van der Waals surface area contributed by atoms with Gasteiger partial charge in [0.25, 0.3) is 0 Å². The molecular weight excluding hydrogens is 235 g/mol. The van der Waals surface area contributed by atoms with Gasteiger partial charge in [-0.15, -0.1) is 0 Å². The van der Waals surface area contributed by atoms with Crippen molar-refractivity contribution in [2.24, 2.45) is 0 Å². The summed E-state index contributed by atoms with van der Waals surface area (Å²) >= 11 is 0. The van der Waals surface area contributed by atoms with Crippen molar-refractivity contribution in [1.82, 2.24) is 9.71 Å². The Morgan fingerprint density at radius 1 is 1.16 bits per heavy atom. The zero-order valence-electron chi connectivity index (χ0n) is 11.7. The van der Waals surface area contributed by atoms with E-state index in [0.717, 1.165) is 19.6 Å². The summed E-state index contributed by atoms with van der Waals surface area (Å²) in [6.45, 7) is 5.00. The maximum absolute atomic E-state index is 9.81. The molecule has 0 aliphatic carbocycles. The summed E-state index contributed by atoms with van der Waals surface area (Å²) in [6.07, 6.45) is 3.79. The Kier molecular flexibility index (Phi) is 3.92. The van der Waals surface area contributed by atoms with E-state index < -0.39 is 0 Å². The minimum atomic E-state index is -0.307. The van der Waals surface area contributed by atoms with E-state index in [1.165, 1.54) is 24.8 Å². The van der Waals surface area contributed by atoms with E-state index in [-0.39, 0.29) is 7.05 Å². The van der Waals surface area contributed by atoms with Gasteiger partial charge in [0, 0.05) is 25.2 Å². The summed E-state index contributed by atoms with van der Waals surface area (Å²) in [6, 6.07) is 12.1. The topological polar surface area (TPSA) is 26.7 Å². The molecule has 0 radical (unpaired) electrons. The number of rotatable bonds is 3. The first kappa shape index (κ1) is 13.2. The molecule has 0 amide bonds. The second kappa shape index (κ2) is 5.65. The van der Waals surface area contributed by atoms with Gasteiger partial charge in [0.05, 0.1) is 0 Å². The van der Waals surface area contributed by atoms with E-state index in [1.54, 1.807) is 0 Å². The molecule has 0 spiro atoms. The van der Waals surface area contributed by atoms with Crippen molar-refractivity contribution in [3.8, 4) is 0 Å². The summed E-state index contributed by atoms with van der Waals surface area (Å²) in [7, 11) is -0.307. The molecule has 2 heterocycles. The first-order chi connectivity index (χ1) is 9.24. The van der Waals surface area contributed by atoms with E-state index in [2.05, 4.69) is 40.0 Å². The fourth-order valence-electron chi connectivity index (χ4n) is 3.59. The van der Waals surface area contributed by atoms with Gasteiger partial charge >= 0.3 is 7.05 Å². The average molecular weight is 258 g/mol. The molecule has 2 saturated heterocycles. The molecule has 2 unspecified atom stereocenters. The third-order valence-corrected chi connectivity index (χ3v) is 4.70. The van der Waals surface area contributed by atoms with Crippen LogP contribution in [0.2, 0.25) is 6.82 Å². The van der Waals surface area contributed by atoms with Crippen LogP contribution in [-0.2, 0) is 6.54 Å². The van der Waals surface area contributed by atoms with E-state index in [4.69, 9.17) is 0 Å². The molecular formula is C15H23BN2O. The van der Waals surface area contributed by atoms with Gasteiger partial charge in [0.1, 0.15) is 0 Å². The summed E-state index contributed by atoms with van der Waals surface area (Å²) < 4.78 is 0. The van der Waals surface area contributed by atoms with E-state index in [1.807, 2.05) is 6.82 Å². The summed E-state index contributed by atoms with van der Waals surface area (Å²) in [5, 5.41) is 9.81. The highest BCUT2D eigenvalue weighted by Crippen LogP contribution is 2.31. The number of hydrogen-bond acceptors (Lipinski definition) is 3. The number of nitrogens with zero attached hydrogens (tertiary/aromatic N) is 2. The predicted octanol–water partition coefficient (Wildman–Crippen LogP) is 1.84. The lowest BCUT2D eigenvalue weighted by Gasteiger charge is -2.29. The van der Waals surface area contributed by atoms with Crippen LogP contribution in [0.25, 0.3) is 0 Å². The van der Waals surface area contributed by atoms with Gasteiger partial charge in [0.2, 0.25) is 0 Å². The Morgan fingerprint density at radius 3 is 2.63 bits per heavy atom. The van der Waals surface area contributed by atoms with Gasteiger partial charge < -0.3 is 9.83 Å². The van der Waals surface area contributed by atoms with Crippen molar-refractivity contribution in [1.29, 1.82) is 0 Å². The van der Waals surface area contributed by atoms with Crippen LogP contribution in [-0.4, -0.2) is 47.0 Å². The second-order valence-corrected chi connectivity index (χ2v) is 5.96. The lowest BCUT2D eigenvalue weighted by atomic mass is 9.83. The largest absolute Gasteiger partial charge is 0.437 e. The minimum absolute atomic E-state index is 0.307. The summed E-state index contributed by atoms with van der Waals surface area (Å²) in [4.78, 5) is 4.89. The molecule has 3 rings (SSSR count). The molecule has 2 bridgehead atoms. The maximum atomic E-state index is 9.81. The van der Waals surface area contributed by atoms with Gasteiger partial charge in [-0.1, -0.05) is 30.3 Å². The maximum Gasteiger partial charge on any atom is 0.376 e. The predicted molar refractivity (Wildman–Crippen MR) is 78.8 cm³/mol. The molecule has 2 atom stereocenters. The average Bonchev–Trinajstić information content (AvgIpc) is 2.65. The van der Waals surface area contributed by atoms with Crippen LogP contribution in [0.5, 0.6) is 0 Å². The zero-order valence-corrected chi connectivity index (χ0v) is 11.7. The molecule has 2 aliphatic rings. The molecule has 4 heteroatoms. The molecule has 3 nitrogen and oxygen atoms in total. The summed E-state index contributed by atoms with van der Waals surface area (Å²) in [5.74, 6) is 0. The highest BCUT2D eigenvalue weighted by molar-refractivity contribution is 6.45. The number of hydrogen-bond donors (Lipinski definition) is 1. The van der Waals surface area contributed by atoms with Crippen LogP contribution in [0.3, 0.4) is 0 Å². The van der Waals surface area contributed by atoms with Crippen LogP contribution in [0.4, 0.5) is 0 Å². The molecule has 19 heavy (non-hydrogen) atoms. The van der Waals surface area contributed by atoms with Crippen molar-refractivity contribution >= 4 is 7.05 Å². The minimum Gasteiger partial charge on any atom is -0.437 e. The van der Waals surface area contributed by atoms with Crippen molar-refractivity contribution in [3.05, 3.63) is 35.9 Å². The van der Waals surface area contributed by atoms with Gasteiger partial charge in [-0.2, -0.15) is 0 Å². The molecule has 1 aromatic rings. The first-order valence-electron chi connectivity index (χ1n) is 7.46. The van der Waals surface area contributed by atoms with Gasteiger partial charge in [-0.3, -0.25) is 4.90 Å². The van der Waals surface area contributed by atoms with E-state index in [9.17, 15) is 5.02 Å². The lowest BCUT2D eigenvalue weighted by Crippen LogP contribution is -2.44. The Labute approximate surface area is 116 Å². The molecule has 1 aromatic carbocycles. The van der Waals surface area contributed by atoms with Crippen molar-refractivity contribution < 1.29 is 5.02 Å². The van der Waals surface area contributed by atoms with E-state index in [0.29, 0.717) is 12.1 Å². The van der Waals surface area contributed by atoms with E-state index >= 15 is 0 Å². The second-order valence-electron chi connectivity index (χ2n) is 5.96. The summed E-state index contributed by atoms with van der Waals surface area (Å²) in [5.41, 5.74) is 1.41. The van der Waals surface area contributed by atoms with Gasteiger partial charge in [-0.05, 0) is 38.2 Å². The smallest absolute Gasteiger partial charge is 0.376 e. The molecule has 0 aromatic heterocycles. The Hall–Kier alpha value is -0.835. The Balaban J connectivity index is 1.72. The molecule has 0 saturated carbocycles. The standard InChI is InChI=1S/C15H23BN2O/c1-16(19)17-10-9-14-7-8-15(12-17)18(14)11-13-5-3-2-4-6-13/h2-6,14-15,19H,7-12H2,1H3. The highest BCUT2D eigenvalue weighted by atomic mass is 16.2. The Morgan fingerprint density at radius 2 is 1.89 bits per heavy atom. The fourth-order valence-corrected chi connectivity index (χ4v) is 3.59. The van der Waals surface area contributed by atoms with Crippen molar-refractivity contribution in [2.75, 3.05) is 13.1 Å².